The molecule has 0 bridgehead atoms. The van der Waals surface area contributed by atoms with Crippen molar-refractivity contribution in [1.29, 1.82) is 0 Å². The zero-order valence-corrected chi connectivity index (χ0v) is 19.0. The minimum atomic E-state index is -0.0701. The van der Waals surface area contributed by atoms with Crippen molar-refractivity contribution in [3.8, 4) is 0 Å². The first-order valence-corrected chi connectivity index (χ1v) is 11.6. The van der Waals surface area contributed by atoms with Crippen molar-refractivity contribution in [1.82, 2.24) is 9.27 Å². The van der Waals surface area contributed by atoms with Crippen LogP contribution in [0, 0.1) is 0 Å². The molecule has 1 fully saturated rings. The number of nitrogens with one attached hydrogen (secondary N) is 1. The molecule has 1 saturated heterocycles. The van der Waals surface area contributed by atoms with Crippen LogP contribution in [0.15, 0.2) is 36.4 Å². The van der Waals surface area contributed by atoms with E-state index in [1.54, 1.807) is 11.5 Å². The highest BCUT2D eigenvalue weighted by Crippen LogP contribution is 2.30. The molecule has 0 radical (unpaired) electrons. The third kappa shape index (κ3) is 4.61. The molecule has 5 nitrogen and oxygen atoms in total. The van der Waals surface area contributed by atoms with Gasteiger partial charge in [-0.15, -0.1) is 0 Å². The van der Waals surface area contributed by atoms with Crippen LogP contribution in [0.25, 0.3) is 10.1 Å². The lowest BCUT2D eigenvalue weighted by molar-refractivity contribution is -0.114. The first-order chi connectivity index (χ1) is 14.5. The van der Waals surface area contributed by atoms with Gasteiger partial charge in [-0.05, 0) is 53.7 Å². The van der Waals surface area contributed by atoms with Gasteiger partial charge in [0.1, 0.15) is 5.82 Å². The molecule has 2 aromatic carbocycles. The molecule has 0 aliphatic carbocycles. The summed E-state index contributed by atoms with van der Waals surface area (Å²) in [5.41, 5.74) is 3.10. The van der Waals surface area contributed by atoms with Crippen LogP contribution >= 0.6 is 23.1 Å². The molecular weight excluding hydrogens is 416 g/mol. The third-order valence-electron chi connectivity index (χ3n) is 5.69. The second-order valence-electron chi connectivity index (χ2n) is 7.72. The highest BCUT2D eigenvalue weighted by Gasteiger charge is 2.21. The van der Waals surface area contributed by atoms with Crippen molar-refractivity contribution < 1.29 is 4.79 Å². The van der Waals surface area contributed by atoms with Crippen LogP contribution in [-0.4, -0.2) is 47.9 Å². The van der Waals surface area contributed by atoms with E-state index in [0.717, 1.165) is 73.2 Å². The van der Waals surface area contributed by atoms with E-state index in [9.17, 15) is 4.79 Å². The second-order valence-corrected chi connectivity index (χ2v) is 8.93. The summed E-state index contributed by atoms with van der Waals surface area (Å²) >= 11 is 8.10. The molecule has 1 amide bonds. The third-order valence-corrected chi connectivity index (χ3v) is 6.86. The number of carbonyl (C=O) groups excluding carboxylic acids is 1. The monoisotopic (exact) mass is 442 g/mol. The van der Waals surface area contributed by atoms with Gasteiger partial charge in [0, 0.05) is 55.7 Å². The van der Waals surface area contributed by atoms with E-state index in [1.807, 2.05) is 6.07 Å². The molecule has 158 valence electrons. The number of carbonyl (C=O) groups is 1. The average molecular weight is 443 g/mol. The number of benzene rings is 2. The lowest BCUT2D eigenvalue weighted by Crippen LogP contribution is -2.47. The lowest BCUT2D eigenvalue weighted by Gasteiger charge is -2.35. The maximum atomic E-state index is 11.4. The number of aryl methyl sites for hydroxylation is 1. The molecule has 2 heterocycles. The van der Waals surface area contributed by atoms with Crippen LogP contribution in [0.3, 0.4) is 0 Å². The summed E-state index contributed by atoms with van der Waals surface area (Å²) in [5, 5.41) is 4.87. The van der Waals surface area contributed by atoms with E-state index in [0.29, 0.717) is 0 Å². The molecule has 0 spiro atoms. The maximum Gasteiger partial charge on any atom is 0.221 e. The minimum Gasteiger partial charge on any atom is -0.353 e. The topological polar surface area (TPSA) is 48.5 Å². The van der Waals surface area contributed by atoms with Crippen molar-refractivity contribution in [3.05, 3.63) is 52.5 Å². The maximum absolute atomic E-state index is 11.4. The predicted octanol–water partition coefficient (Wildman–Crippen LogP) is 4.84. The van der Waals surface area contributed by atoms with Crippen molar-refractivity contribution in [3.63, 3.8) is 0 Å². The molecule has 0 saturated carbocycles. The van der Waals surface area contributed by atoms with Gasteiger partial charge in [-0.3, -0.25) is 9.69 Å². The fourth-order valence-electron chi connectivity index (χ4n) is 4.02. The van der Waals surface area contributed by atoms with Gasteiger partial charge in [0.2, 0.25) is 5.91 Å². The number of piperazine rings is 1. The van der Waals surface area contributed by atoms with Crippen LogP contribution in [-0.2, 0) is 17.6 Å². The standard InChI is InChI=1S/C23H27ClN4OS/c1-3-17-14-18(20(24)15-21(17)25-16(2)29)8-9-27-10-12-28(13-11-27)23-19-6-4-5-7-22(19)30-26-23/h4-7,14-15H,3,8-13H2,1-2H3,(H,25,29). The number of hydrogen-bond donors (Lipinski definition) is 1. The van der Waals surface area contributed by atoms with Crippen molar-refractivity contribution in [2.45, 2.75) is 26.7 Å². The summed E-state index contributed by atoms with van der Waals surface area (Å²) in [7, 11) is 0. The number of anilines is 2. The van der Waals surface area contributed by atoms with Crippen LogP contribution in [0.4, 0.5) is 11.5 Å². The molecule has 30 heavy (non-hydrogen) atoms. The normalized spacial score (nSPS) is 15.0. The Morgan fingerprint density at radius 3 is 2.67 bits per heavy atom. The van der Waals surface area contributed by atoms with Crippen LogP contribution < -0.4 is 10.2 Å². The Morgan fingerprint density at radius 1 is 1.17 bits per heavy atom. The van der Waals surface area contributed by atoms with E-state index < -0.39 is 0 Å². The number of hydrogen-bond acceptors (Lipinski definition) is 5. The number of halogens is 1. The van der Waals surface area contributed by atoms with E-state index in [1.165, 1.54) is 17.0 Å². The van der Waals surface area contributed by atoms with Crippen molar-refractivity contribution in [2.75, 3.05) is 42.9 Å². The van der Waals surface area contributed by atoms with E-state index in [2.05, 4.69) is 52.4 Å². The SMILES string of the molecule is CCc1cc(CCN2CCN(c3nsc4ccccc34)CC2)c(Cl)cc1NC(C)=O. The Kier molecular flexibility index (Phi) is 6.56. The lowest BCUT2D eigenvalue weighted by atomic mass is 10.0. The van der Waals surface area contributed by atoms with Crippen LogP contribution in [0.1, 0.15) is 25.0 Å². The fraction of sp³-hybridized carbons (Fsp3) is 0.391. The Morgan fingerprint density at radius 2 is 1.93 bits per heavy atom. The summed E-state index contributed by atoms with van der Waals surface area (Å²) in [6.07, 6.45) is 1.77. The molecule has 4 rings (SSSR count). The number of aromatic nitrogens is 1. The smallest absolute Gasteiger partial charge is 0.221 e. The summed E-state index contributed by atoms with van der Waals surface area (Å²) in [6.45, 7) is 8.62. The van der Waals surface area contributed by atoms with E-state index >= 15 is 0 Å². The Labute approximate surface area is 186 Å². The Bertz CT molecular complexity index is 1040. The molecule has 1 aliphatic rings. The molecule has 1 aromatic heterocycles. The quantitative estimate of drug-likeness (QED) is 0.593. The van der Waals surface area contributed by atoms with Crippen molar-refractivity contribution in [2.24, 2.45) is 0 Å². The number of nitrogens with zero attached hydrogens (tertiary/aromatic N) is 3. The molecule has 1 aliphatic heterocycles. The molecule has 3 aromatic rings. The summed E-state index contributed by atoms with van der Waals surface area (Å²) < 4.78 is 5.95. The Hall–Kier alpha value is -2.15. The van der Waals surface area contributed by atoms with Crippen LogP contribution in [0.5, 0.6) is 0 Å². The molecule has 1 N–H and O–H groups in total. The van der Waals surface area contributed by atoms with Gasteiger partial charge >= 0.3 is 0 Å². The molecule has 0 atom stereocenters. The highest BCUT2D eigenvalue weighted by molar-refractivity contribution is 7.13. The van der Waals surface area contributed by atoms with Crippen molar-refractivity contribution >= 4 is 50.6 Å². The zero-order chi connectivity index (χ0) is 21.1. The number of amides is 1. The molecule has 7 heteroatoms. The number of fused-ring (bicyclic) bond motifs is 1. The van der Waals surface area contributed by atoms with E-state index in [4.69, 9.17) is 16.0 Å². The van der Waals surface area contributed by atoms with Crippen LogP contribution in [0.2, 0.25) is 5.02 Å². The first-order valence-electron chi connectivity index (χ1n) is 10.5. The van der Waals surface area contributed by atoms with E-state index in [-0.39, 0.29) is 5.91 Å². The first kappa shape index (κ1) is 21.1. The number of rotatable bonds is 6. The fourth-order valence-corrected chi connectivity index (χ4v) is 5.08. The Balaban J connectivity index is 1.36. The van der Waals surface area contributed by atoms with Gasteiger partial charge in [0.25, 0.3) is 0 Å². The molecular formula is C23H27ClN4OS. The second kappa shape index (κ2) is 9.33. The minimum absolute atomic E-state index is 0.0701. The predicted molar refractivity (Wildman–Crippen MR) is 127 cm³/mol. The van der Waals surface area contributed by atoms with Gasteiger partial charge in [0.05, 0.1) is 4.70 Å². The highest BCUT2D eigenvalue weighted by atomic mass is 35.5. The van der Waals surface area contributed by atoms with Gasteiger partial charge in [-0.2, -0.15) is 4.37 Å². The largest absolute Gasteiger partial charge is 0.353 e. The summed E-state index contributed by atoms with van der Waals surface area (Å²) in [5.74, 6) is 1.05. The van der Waals surface area contributed by atoms with Gasteiger partial charge in [-0.25, -0.2) is 0 Å². The average Bonchev–Trinajstić information content (AvgIpc) is 3.17. The summed E-state index contributed by atoms with van der Waals surface area (Å²) in [6, 6.07) is 12.5. The van der Waals surface area contributed by atoms with Gasteiger partial charge in [0.15, 0.2) is 0 Å². The summed E-state index contributed by atoms with van der Waals surface area (Å²) in [4.78, 5) is 16.3. The zero-order valence-electron chi connectivity index (χ0n) is 17.4. The molecule has 0 unspecified atom stereocenters. The van der Waals surface area contributed by atoms with Gasteiger partial charge in [-0.1, -0.05) is 36.7 Å². The van der Waals surface area contributed by atoms with Gasteiger partial charge < -0.3 is 10.2 Å².